The van der Waals surface area contributed by atoms with Crippen LogP contribution in [0.5, 0.6) is 0 Å². The molecule has 0 radical (unpaired) electrons. The Balaban J connectivity index is 5.27. The van der Waals surface area contributed by atoms with Gasteiger partial charge in [0.2, 0.25) is 0 Å². The fraction of sp³-hybridized carbons (Fsp3) is 0.538. The molecule has 0 aromatic rings. The van der Waals surface area contributed by atoms with E-state index in [0.29, 0.717) is 17.9 Å². The molecule has 0 aromatic carbocycles. The van der Waals surface area contributed by atoms with Gasteiger partial charge in [0.25, 0.3) is 0 Å². The van der Waals surface area contributed by atoms with E-state index in [1.54, 1.807) is 19.9 Å². The van der Waals surface area contributed by atoms with Gasteiger partial charge in [-0.05, 0) is 27.2 Å². The van der Waals surface area contributed by atoms with Gasteiger partial charge in [-0.25, -0.2) is 0 Å². The lowest BCUT2D eigenvalue weighted by Gasteiger charge is -2.24. The summed E-state index contributed by atoms with van der Waals surface area (Å²) in [5.41, 5.74) is 0.101. The third-order valence-corrected chi connectivity index (χ3v) is 3.15. The number of hydrogen-bond donors (Lipinski definition) is 0. The van der Waals surface area contributed by atoms with Crippen LogP contribution in [0.4, 0.5) is 0 Å². The van der Waals surface area contributed by atoms with Gasteiger partial charge >= 0.3 is 5.97 Å². The van der Waals surface area contributed by atoms with Crippen molar-refractivity contribution < 1.29 is 9.53 Å². The van der Waals surface area contributed by atoms with E-state index in [0.717, 1.165) is 5.57 Å². The Morgan fingerprint density at radius 2 is 2.06 bits per heavy atom. The molecule has 0 saturated carbocycles. The van der Waals surface area contributed by atoms with Crippen LogP contribution in [0.15, 0.2) is 24.3 Å². The number of carbonyl (C=O) groups excluding carboxylic acids is 1. The van der Waals surface area contributed by atoms with E-state index < -0.39 is 5.41 Å². The van der Waals surface area contributed by atoms with E-state index in [4.69, 9.17) is 17.0 Å². The molecule has 0 fully saturated rings. The second kappa shape index (κ2) is 6.59. The minimum Gasteiger partial charge on any atom is -0.465 e. The second-order valence-electron chi connectivity index (χ2n) is 3.79. The van der Waals surface area contributed by atoms with Crippen molar-refractivity contribution in [2.24, 2.45) is 5.41 Å². The SMILES string of the molecule is C=CC(C)=CC(C)(C(=O)OCC)C(=S)CC. The summed E-state index contributed by atoms with van der Waals surface area (Å²) in [6, 6.07) is 0. The highest BCUT2D eigenvalue weighted by molar-refractivity contribution is 7.80. The van der Waals surface area contributed by atoms with E-state index in [-0.39, 0.29) is 5.97 Å². The summed E-state index contributed by atoms with van der Waals surface area (Å²) >= 11 is 5.27. The highest BCUT2D eigenvalue weighted by Crippen LogP contribution is 2.27. The van der Waals surface area contributed by atoms with Crippen molar-refractivity contribution in [1.82, 2.24) is 0 Å². The summed E-state index contributed by atoms with van der Waals surface area (Å²) in [6.07, 6.45) is 4.20. The minimum absolute atomic E-state index is 0.289. The minimum atomic E-state index is -0.821. The highest BCUT2D eigenvalue weighted by atomic mass is 32.1. The van der Waals surface area contributed by atoms with Crippen LogP contribution in [0.2, 0.25) is 0 Å². The van der Waals surface area contributed by atoms with E-state index in [1.807, 2.05) is 19.9 Å². The molecule has 0 aliphatic heterocycles. The zero-order chi connectivity index (χ0) is 12.8. The smallest absolute Gasteiger partial charge is 0.320 e. The third kappa shape index (κ3) is 3.56. The second-order valence-corrected chi connectivity index (χ2v) is 4.28. The molecule has 1 unspecified atom stereocenters. The molecule has 0 amide bonds. The Labute approximate surface area is 103 Å². The molecular weight excluding hydrogens is 220 g/mol. The Bertz CT molecular complexity index is 318. The van der Waals surface area contributed by atoms with Crippen LogP contribution in [0.1, 0.15) is 34.1 Å². The summed E-state index contributed by atoms with van der Waals surface area (Å²) < 4.78 is 5.07. The van der Waals surface area contributed by atoms with Crippen LogP contribution >= 0.6 is 12.2 Å². The van der Waals surface area contributed by atoms with Crippen molar-refractivity contribution in [1.29, 1.82) is 0 Å². The molecule has 0 heterocycles. The van der Waals surface area contributed by atoms with E-state index in [2.05, 4.69) is 6.58 Å². The molecule has 2 nitrogen and oxygen atoms in total. The first kappa shape index (κ1) is 15.0. The van der Waals surface area contributed by atoms with Crippen LogP contribution in [-0.2, 0) is 9.53 Å². The lowest BCUT2D eigenvalue weighted by atomic mass is 9.83. The maximum Gasteiger partial charge on any atom is 0.320 e. The summed E-state index contributed by atoms with van der Waals surface area (Å²) in [5.74, 6) is -0.289. The molecule has 1 atom stereocenters. The van der Waals surface area contributed by atoms with Crippen molar-refractivity contribution in [3.05, 3.63) is 24.3 Å². The van der Waals surface area contributed by atoms with E-state index >= 15 is 0 Å². The van der Waals surface area contributed by atoms with Crippen molar-refractivity contribution in [3.8, 4) is 0 Å². The first-order chi connectivity index (χ1) is 7.42. The number of ether oxygens (including phenoxy) is 1. The Morgan fingerprint density at radius 1 is 1.50 bits per heavy atom. The molecule has 90 valence electrons. The molecule has 16 heavy (non-hydrogen) atoms. The molecule has 0 rings (SSSR count). The monoisotopic (exact) mass is 240 g/mol. The first-order valence-corrected chi connectivity index (χ1v) is 5.85. The average molecular weight is 240 g/mol. The maximum atomic E-state index is 11.9. The third-order valence-electron chi connectivity index (χ3n) is 2.44. The van der Waals surface area contributed by atoms with Gasteiger partial charge in [-0.2, -0.15) is 0 Å². The number of rotatable bonds is 6. The summed E-state index contributed by atoms with van der Waals surface area (Å²) in [5, 5.41) is 0. The molecule has 0 bridgehead atoms. The molecule has 0 aliphatic rings. The number of carbonyl (C=O) groups is 1. The Kier molecular flexibility index (Phi) is 6.19. The van der Waals surface area contributed by atoms with Gasteiger partial charge in [-0.1, -0.05) is 43.4 Å². The van der Waals surface area contributed by atoms with Crippen molar-refractivity contribution in [2.75, 3.05) is 6.61 Å². The van der Waals surface area contributed by atoms with E-state index in [9.17, 15) is 4.79 Å². The molecule has 0 aromatic heterocycles. The zero-order valence-corrected chi connectivity index (χ0v) is 11.3. The maximum absolute atomic E-state index is 11.9. The van der Waals surface area contributed by atoms with Crippen molar-refractivity contribution in [2.45, 2.75) is 34.1 Å². The molecule has 0 N–H and O–H groups in total. The summed E-state index contributed by atoms with van der Waals surface area (Å²) in [4.78, 5) is 12.6. The molecule has 3 heteroatoms. The van der Waals surface area contributed by atoms with Crippen LogP contribution in [-0.4, -0.2) is 17.4 Å². The van der Waals surface area contributed by atoms with Gasteiger partial charge in [0.05, 0.1) is 6.61 Å². The normalized spacial score (nSPS) is 15.1. The predicted octanol–water partition coefficient (Wildman–Crippen LogP) is 3.47. The molecule has 0 spiro atoms. The van der Waals surface area contributed by atoms with Gasteiger partial charge < -0.3 is 4.74 Å². The standard InChI is InChI=1S/C13H20O2S/c1-6-10(4)9-13(5,11(16)7-2)12(14)15-8-3/h6,9H,1,7-8H2,2-5H3. The number of allylic oxidation sites excluding steroid dienone is 2. The Hall–Kier alpha value is -0.960. The fourth-order valence-corrected chi connectivity index (χ4v) is 1.56. The van der Waals surface area contributed by atoms with Gasteiger partial charge in [0.1, 0.15) is 5.41 Å². The first-order valence-electron chi connectivity index (χ1n) is 5.44. The quantitative estimate of drug-likeness (QED) is 0.404. The average Bonchev–Trinajstić information content (AvgIpc) is 2.27. The molecular formula is C13H20O2S. The Morgan fingerprint density at radius 3 is 2.44 bits per heavy atom. The van der Waals surface area contributed by atoms with Crippen molar-refractivity contribution >= 4 is 23.1 Å². The topological polar surface area (TPSA) is 26.3 Å². The number of thiocarbonyl (C=S) groups is 1. The molecule has 0 saturated heterocycles. The lowest BCUT2D eigenvalue weighted by Crippen LogP contribution is -2.35. The number of hydrogen-bond acceptors (Lipinski definition) is 3. The van der Waals surface area contributed by atoms with Gasteiger partial charge in [0, 0.05) is 4.86 Å². The zero-order valence-electron chi connectivity index (χ0n) is 10.5. The van der Waals surface area contributed by atoms with Crippen LogP contribution in [0.3, 0.4) is 0 Å². The largest absolute Gasteiger partial charge is 0.465 e. The van der Waals surface area contributed by atoms with Crippen LogP contribution in [0.25, 0.3) is 0 Å². The lowest BCUT2D eigenvalue weighted by molar-refractivity contribution is -0.148. The molecule has 0 aliphatic carbocycles. The van der Waals surface area contributed by atoms with E-state index in [1.165, 1.54) is 0 Å². The summed E-state index contributed by atoms with van der Waals surface area (Å²) in [6.45, 7) is 11.5. The van der Waals surface area contributed by atoms with Crippen LogP contribution in [0, 0.1) is 5.41 Å². The summed E-state index contributed by atoms with van der Waals surface area (Å²) in [7, 11) is 0. The van der Waals surface area contributed by atoms with Gasteiger partial charge in [-0.15, -0.1) is 0 Å². The predicted molar refractivity (Wildman–Crippen MR) is 71.6 cm³/mol. The van der Waals surface area contributed by atoms with Gasteiger partial charge in [-0.3, -0.25) is 4.79 Å². The number of esters is 1. The highest BCUT2D eigenvalue weighted by Gasteiger charge is 2.35. The fourth-order valence-electron chi connectivity index (χ4n) is 1.42. The van der Waals surface area contributed by atoms with Crippen molar-refractivity contribution in [3.63, 3.8) is 0 Å². The van der Waals surface area contributed by atoms with Gasteiger partial charge in [0.15, 0.2) is 0 Å². The van der Waals surface area contributed by atoms with Crippen LogP contribution < -0.4 is 0 Å².